The Labute approximate surface area is 118 Å². The second kappa shape index (κ2) is 4.70. The first-order valence-corrected chi connectivity index (χ1v) is 7.00. The number of carbonyl (C=O) groups is 1. The van der Waals surface area contributed by atoms with Crippen molar-refractivity contribution in [3.63, 3.8) is 0 Å². The average molecular weight is 274 g/mol. The van der Waals surface area contributed by atoms with Gasteiger partial charge in [0.1, 0.15) is 5.82 Å². The summed E-state index contributed by atoms with van der Waals surface area (Å²) in [5.74, 6) is -0.120. The van der Waals surface area contributed by atoms with Crippen LogP contribution >= 0.6 is 0 Å². The molecule has 0 unspecified atom stereocenters. The predicted molar refractivity (Wildman–Crippen MR) is 75.1 cm³/mol. The molecule has 0 N–H and O–H groups in total. The van der Waals surface area contributed by atoms with Gasteiger partial charge in [0, 0.05) is 13.1 Å². The Balaban J connectivity index is 1.90. The molecule has 2 aliphatic heterocycles. The zero-order valence-corrected chi connectivity index (χ0v) is 11.7. The lowest BCUT2D eigenvalue weighted by Crippen LogP contribution is -2.36. The van der Waals surface area contributed by atoms with Gasteiger partial charge in [0.2, 0.25) is 5.91 Å². The molecule has 2 fully saturated rings. The number of halogens is 1. The van der Waals surface area contributed by atoms with Gasteiger partial charge in [-0.15, -0.1) is 6.58 Å². The first kappa shape index (κ1) is 13.3. The van der Waals surface area contributed by atoms with E-state index in [0.29, 0.717) is 6.42 Å². The maximum atomic E-state index is 13.4. The molecule has 2 aliphatic rings. The molecule has 3 nitrogen and oxygen atoms in total. The van der Waals surface area contributed by atoms with Crippen molar-refractivity contribution in [3.8, 4) is 0 Å². The molecule has 0 spiro atoms. The molecule has 2 heterocycles. The van der Waals surface area contributed by atoms with Crippen molar-refractivity contribution in [2.75, 3.05) is 13.1 Å². The number of allylic oxidation sites excluding steroid dienone is 1. The van der Waals surface area contributed by atoms with Crippen LogP contribution in [0.15, 0.2) is 36.9 Å². The molecular formula is C16H19FN2O. The molecule has 4 heteroatoms. The summed E-state index contributed by atoms with van der Waals surface area (Å²) in [4.78, 5) is 12.7. The Morgan fingerprint density at radius 3 is 3.05 bits per heavy atom. The first-order chi connectivity index (χ1) is 9.55. The lowest BCUT2D eigenvalue weighted by Gasteiger charge is -2.26. The summed E-state index contributed by atoms with van der Waals surface area (Å²) >= 11 is 0. The molecule has 2 atom stereocenters. The molecule has 20 heavy (non-hydrogen) atoms. The van der Waals surface area contributed by atoms with E-state index in [0.717, 1.165) is 25.1 Å². The normalized spacial score (nSPS) is 29.8. The average Bonchev–Trinajstić information content (AvgIpc) is 2.90. The second-order valence-electron chi connectivity index (χ2n) is 5.95. The molecule has 1 aromatic carbocycles. The van der Waals surface area contributed by atoms with Crippen LogP contribution in [-0.2, 0) is 4.79 Å². The molecule has 1 aromatic rings. The molecule has 3 rings (SSSR count). The van der Waals surface area contributed by atoms with Gasteiger partial charge in [-0.3, -0.25) is 9.80 Å². The minimum atomic E-state index is -0.395. The molecule has 0 aromatic heterocycles. The van der Waals surface area contributed by atoms with Crippen LogP contribution in [0.5, 0.6) is 0 Å². The van der Waals surface area contributed by atoms with Crippen molar-refractivity contribution >= 4 is 5.91 Å². The predicted octanol–water partition coefficient (Wildman–Crippen LogP) is 2.91. The van der Waals surface area contributed by atoms with E-state index < -0.39 is 5.41 Å². The first-order valence-electron chi connectivity index (χ1n) is 7.00. The van der Waals surface area contributed by atoms with Crippen molar-refractivity contribution in [2.24, 2.45) is 5.41 Å². The Kier molecular flexibility index (Phi) is 3.13. The molecule has 2 saturated heterocycles. The van der Waals surface area contributed by atoms with E-state index in [1.54, 1.807) is 12.1 Å². The molecule has 0 saturated carbocycles. The number of hydrogen-bond acceptors (Lipinski definition) is 2. The fraction of sp³-hybridized carbons (Fsp3) is 0.438. The third-order valence-electron chi connectivity index (χ3n) is 4.34. The fourth-order valence-electron chi connectivity index (χ4n) is 3.36. The van der Waals surface area contributed by atoms with E-state index in [1.807, 2.05) is 18.0 Å². The SMILES string of the molecule is C=CC[C@]1(C)CN2CC[C@@H](c3cccc(F)c3)N2C1=O. The standard InChI is InChI=1S/C16H19FN2O/c1-3-8-16(2)11-18-9-7-14(19(18)15(16)20)12-5-4-6-13(17)10-12/h3-6,10,14H,1,7-9,11H2,2H3/t14-,16+/m0/s1. The minimum Gasteiger partial charge on any atom is -0.273 e. The largest absolute Gasteiger partial charge is 0.273 e. The van der Waals surface area contributed by atoms with Gasteiger partial charge < -0.3 is 0 Å². The van der Waals surface area contributed by atoms with Crippen molar-refractivity contribution in [2.45, 2.75) is 25.8 Å². The van der Waals surface area contributed by atoms with E-state index in [-0.39, 0.29) is 17.8 Å². The third-order valence-corrected chi connectivity index (χ3v) is 4.34. The van der Waals surface area contributed by atoms with Crippen molar-refractivity contribution in [1.29, 1.82) is 0 Å². The van der Waals surface area contributed by atoms with Gasteiger partial charge in [0.25, 0.3) is 0 Å². The molecular weight excluding hydrogens is 255 g/mol. The number of amides is 1. The second-order valence-corrected chi connectivity index (χ2v) is 5.95. The zero-order valence-electron chi connectivity index (χ0n) is 11.7. The number of rotatable bonds is 3. The van der Waals surface area contributed by atoms with E-state index in [2.05, 4.69) is 11.6 Å². The van der Waals surface area contributed by atoms with E-state index >= 15 is 0 Å². The zero-order chi connectivity index (χ0) is 14.3. The maximum absolute atomic E-state index is 13.4. The van der Waals surface area contributed by atoms with Crippen LogP contribution in [0, 0.1) is 11.2 Å². The Hall–Kier alpha value is -1.68. The van der Waals surface area contributed by atoms with Crippen molar-refractivity contribution in [1.82, 2.24) is 10.0 Å². The summed E-state index contributed by atoms with van der Waals surface area (Å²) in [7, 11) is 0. The molecule has 0 aliphatic carbocycles. The van der Waals surface area contributed by atoms with Gasteiger partial charge >= 0.3 is 0 Å². The van der Waals surface area contributed by atoms with Crippen molar-refractivity contribution in [3.05, 3.63) is 48.3 Å². The van der Waals surface area contributed by atoms with E-state index in [4.69, 9.17) is 0 Å². The topological polar surface area (TPSA) is 23.6 Å². The highest BCUT2D eigenvalue weighted by molar-refractivity contribution is 5.85. The van der Waals surface area contributed by atoms with Crippen LogP contribution in [0.3, 0.4) is 0 Å². The maximum Gasteiger partial charge on any atom is 0.245 e. The Morgan fingerprint density at radius 2 is 2.35 bits per heavy atom. The summed E-state index contributed by atoms with van der Waals surface area (Å²) in [6.07, 6.45) is 3.34. The summed E-state index contributed by atoms with van der Waals surface area (Å²) in [6, 6.07) is 6.53. The van der Waals surface area contributed by atoms with Gasteiger partial charge in [0.15, 0.2) is 0 Å². The highest BCUT2D eigenvalue weighted by atomic mass is 19.1. The smallest absolute Gasteiger partial charge is 0.245 e. The molecule has 106 valence electrons. The van der Waals surface area contributed by atoms with Gasteiger partial charge in [-0.1, -0.05) is 18.2 Å². The van der Waals surface area contributed by atoms with Crippen LogP contribution < -0.4 is 0 Å². The van der Waals surface area contributed by atoms with Crippen LogP contribution in [0.25, 0.3) is 0 Å². The van der Waals surface area contributed by atoms with E-state index in [9.17, 15) is 9.18 Å². The number of hydrazine groups is 1. The van der Waals surface area contributed by atoms with Crippen LogP contribution in [0.2, 0.25) is 0 Å². The highest BCUT2D eigenvalue weighted by Gasteiger charge is 2.52. The van der Waals surface area contributed by atoms with Crippen LogP contribution in [0.1, 0.15) is 31.4 Å². The highest BCUT2D eigenvalue weighted by Crippen LogP contribution is 2.43. The van der Waals surface area contributed by atoms with Gasteiger partial charge in [0.05, 0.1) is 11.5 Å². The molecule has 1 amide bonds. The molecule has 0 radical (unpaired) electrons. The monoisotopic (exact) mass is 274 g/mol. The number of fused-ring (bicyclic) bond motifs is 1. The van der Waals surface area contributed by atoms with Gasteiger partial charge in [-0.2, -0.15) is 0 Å². The minimum absolute atomic E-state index is 0.0372. The Bertz CT molecular complexity index is 559. The van der Waals surface area contributed by atoms with Gasteiger partial charge in [-0.05, 0) is 37.5 Å². The number of hydrogen-bond donors (Lipinski definition) is 0. The Morgan fingerprint density at radius 1 is 1.55 bits per heavy atom. The lowest BCUT2D eigenvalue weighted by atomic mass is 9.86. The number of benzene rings is 1. The quantitative estimate of drug-likeness (QED) is 0.791. The summed E-state index contributed by atoms with van der Waals surface area (Å²) in [5, 5.41) is 3.93. The number of carbonyl (C=O) groups excluding carboxylic acids is 1. The lowest BCUT2D eigenvalue weighted by molar-refractivity contribution is -0.142. The number of nitrogens with zero attached hydrogens (tertiary/aromatic N) is 2. The van der Waals surface area contributed by atoms with Crippen molar-refractivity contribution < 1.29 is 9.18 Å². The fourth-order valence-corrected chi connectivity index (χ4v) is 3.36. The van der Waals surface area contributed by atoms with Gasteiger partial charge in [-0.25, -0.2) is 9.40 Å². The summed E-state index contributed by atoms with van der Waals surface area (Å²) < 4.78 is 13.4. The molecule has 0 bridgehead atoms. The summed E-state index contributed by atoms with van der Waals surface area (Å²) in [6.45, 7) is 7.30. The van der Waals surface area contributed by atoms with Crippen LogP contribution in [-0.4, -0.2) is 29.0 Å². The van der Waals surface area contributed by atoms with Crippen LogP contribution in [0.4, 0.5) is 4.39 Å². The summed E-state index contributed by atoms with van der Waals surface area (Å²) in [5.41, 5.74) is 0.483. The van der Waals surface area contributed by atoms with E-state index in [1.165, 1.54) is 12.1 Å². The third kappa shape index (κ3) is 1.95.